The topological polar surface area (TPSA) is 45.1 Å². The molecule has 0 radical (unpaired) electrons. The van der Waals surface area contributed by atoms with Gasteiger partial charge in [0.05, 0.1) is 0 Å². The first kappa shape index (κ1) is 13.3. The maximum absolute atomic E-state index is 10.3. The number of hydrogen-bond donors (Lipinski definition) is 2. The van der Waals surface area contributed by atoms with Crippen LogP contribution in [-0.4, -0.2) is 10.1 Å². The highest BCUT2D eigenvalue weighted by atomic mass is 16.3. The number of para-hydroxylation sites is 1. The Kier molecular flexibility index (Phi) is 3.94. The molecule has 3 heteroatoms. The molecule has 2 N–H and O–H groups in total. The van der Waals surface area contributed by atoms with E-state index in [4.69, 9.17) is 0 Å². The maximum Gasteiger partial charge on any atom is 0.130 e. The first-order valence-corrected chi connectivity index (χ1v) is 6.84. The Bertz CT molecular complexity index is 681. The SMILES string of the molecule is OC(c1ccccc1)c1ccc(Nc2ccccc2)nc1. The molecule has 0 fully saturated rings. The Labute approximate surface area is 123 Å². The largest absolute Gasteiger partial charge is 0.384 e. The molecular weight excluding hydrogens is 260 g/mol. The van der Waals surface area contributed by atoms with Crippen LogP contribution in [0.1, 0.15) is 17.2 Å². The molecule has 2 aromatic carbocycles. The van der Waals surface area contributed by atoms with E-state index in [0.717, 1.165) is 22.6 Å². The minimum atomic E-state index is -0.649. The summed E-state index contributed by atoms with van der Waals surface area (Å²) in [5.41, 5.74) is 2.63. The Balaban J connectivity index is 1.75. The lowest BCUT2D eigenvalue weighted by atomic mass is 10.0. The molecule has 1 unspecified atom stereocenters. The number of aliphatic hydroxyl groups is 1. The van der Waals surface area contributed by atoms with E-state index in [9.17, 15) is 5.11 Å². The zero-order valence-corrected chi connectivity index (χ0v) is 11.5. The second-order valence-electron chi connectivity index (χ2n) is 4.78. The predicted molar refractivity (Wildman–Crippen MR) is 84.5 cm³/mol. The van der Waals surface area contributed by atoms with Crippen molar-refractivity contribution >= 4 is 11.5 Å². The number of anilines is 2. The van der Waals surface area contributed by atoms with Gasteiger partial charge in [0.1, 0.15) is 11.9 Å². The number of hydrogen-bond acceptors (Lipinski definition) is 3. The maximum atomic E-state index is 10.3. The number of nitrogens with zero attached hydrogens (tertiary/aromatic N) is 1. The average Bonchev–Trinajstić information content (AvgIpc) is 2.57. The first-order valence-electron chi connectivity index (χ1n) is 6.84. The number of benzene rings is 2. The Hall–Kier alpha value is -2.65. The summed E-state index contributed by atoms with van der Waals surface area (Å²) in [4.78, 5) is 4.35. The van der Waals surface area contributed by atoms with E-state index < -0.39 is 6.10 Å². The normalized spacial score (nSPS) is 11.9. The monoisotopic (exact) mass is 276 g/mol. The van der Waals surface area contributed by atoms with Gasteiger partial charge in [-0.25, -0.2) is 4.98 Å². The number of aliphatic hydroxyl groups excluding tert-OH is 1. The molecule has 0 amide bonds. The fraction of sp³-hybridized carbons (Fsp3) is 0.0556. The van der Waals surface area contributed by atoms with Crippen molar-refractivity contribution in [3.8, 4) is 0 Å². The van der Waals surface area contributed by atoms with Gasteiger partial charge in [0.25, 0.3) is 0 Å². The van der Waals surface area contributed by atoms with Crippen molar-refractivity contribution in [1.82, 2.24) is 4.98 Å². The molecule has 3 nitrogen and oxygen atoms in total. The highest BCUT2D eigenvalue weighted by molar-refractivity contribution is 5.55. The molecular formula is C18H16N2O. The van der Waals surface area contributed by atoms with Gasteiger partial charge < -0.3 is 10.4 Å². The van der Waals surface area contributed by atoms with Gasteiger partial charge in [0, 0.05) is 17.4 Å². The lowest BCUT2D eigenvalue weighted by Gasteiger charge is -2.12. The van der Waals surface area contributed by atoms with E-state index in [1.165, 1.54) is 0 Å². The third kappa shape index (κ3) is 3.27. The van der Waals surface area contributed by atoms with E-state index in [1.807, 2.05) is 72.8 Å². The summed E-state index contributed by atoms with van der Waals surface area (Å²) in [6.45, 7) is 0. The molecule has 21 heavy (non-hydrogen) atoms. The highest BCUT2D eigenvalue weighted by Crippen LogP contribution is 2.22. The summed E-state index contributed by atoms with van der Waals surface area (Å²) in [6, 6.07) is 23.2. The van der Waals surface area contributed by atoms with Crippen LogP contribution in [0.2, 0.25) is 0 Å². The lowest BCUT2D eigenvalue weighted by molar-refractivity contribution is 0.220. The van der Waals surface area contributed by atoms with Gasteiger partial charge in [-0.2, -0.15) is 0 Å². The van der Waals surface area contributed by atoms with Crippen LogP contribution in [0.15, 0.2) is 79.0 Å². The predicted octanol–water partition coefficient (Wildman–Crippen LogP) is 3.91. The fourth-order valence-corrected chi connectivity index (χ4v) is 2.14. The molecule has 0 saturated heterocycles. The van der Waals surface area contributed by atoms with Crippen molar-refractivity contribution in [3.63, 3.8) is 0 Å². The summed E-state index contributed by atoms with van der Waals surface area (Å²) in [5, 5.41) is 13.5. The number of rotatable bonds is 4. The van der Waals surface area contributed by atoms with Crippen LogP contribution in [0.25, 0.3) is 0 Å². The minimum Gasteiger partial charge on any atom is -0.384 e. The van der Waals surface area contributed by atoms with Crippen molar-refractivity contribution in [3.05, 3.63) is 90.1 Å². The number of nitrogens with one attached hydrogen (secondary N) is 1. The molecule has 0 bridgehead atoms. The Morgan fingerprint density at radius 1 is 0.762 bits per heavy atom. The zero-order valence-electron chi connectivity index (χ0n) is 11.5. The van der Waals surface area contributed by atoms with E-state index in [1.54, 1.807) is 6.20 Å². The molecule has 0 aliphatic carbocycles. The Morgan fingerprint density at radius 2 is 1.43 bits per heavy atom. The van der Waals surface area contributed by atoms with Crippen LogP contribution in [-0.2, 0) is 0 Å². The molecule has 0 saturated carbocycles. The van der Waals surface area contributed by atoms with Gasteiger partial charge in [-0.15, -0.1) is 0 Å². The number of pyridine rings is 1. The van der Waals surface area contributed by atoms with E-state index in [-0.39, 0.29) is 0 Å². The molecule has 3 rings (SSSR count). The molecule has 0 spiro atoms. The second-order valence-corrected chi connectivity index (χ2v) is 4.78. The summed E-state index contributed by atoms with van der Waals surface area (Å²) in [5.74, 6) is 0.755. The van der Waals surface area contributed by atoms with E-state index in [0.29, 0.717) is 0 Å². The van der Waals surface area contributed by atoms with Crippen LogP contribution in [0.5, 0.6) is 0 Å². The van der Waals surface area contributed by atoms with Crippen molar-refractivity contribution in [1.29, 1.82) is 0 Å². The summed E-state index contributed by atoms with van der Waals surface area (Å²) < 4.78 is 0. The molecule has 1 aromatic heterocycles. The minimum absolute atomic E-state index is 0.649. The lowest BCUT2D eigenvalue weighted by Crippen LogP contribution is -2.01. The van der Waals surface area contributed by atoms with Gasteiger partial charge in [-0.3, -0.25) is 0 Å². The third-order valence-electron chi connectivity index (χ3n) is 3.26. The van der Waals surface area contributed by atoms with Gasteiger partial charge in [0.15, 0.2) is 0 Å². The Morgan fingerprint density at radius 3 is 2.05 bits per heavy atom. The van der Waals surface area contributed by atoms with Gasteiger partial charge in [0.2, 0.25) is 0 Å². The van der Waals surface area contributed by atoms with Crippen LogP contribution >= 0.6 is 0 Å². The molecule has 104 valence electrons. The van der Waals surface area contributed by atoms with E-state index >= 15 is 0 Å². The molecule has 3 aromatic rings. The van der Waals surface area contributed by atoms with Gasteiger partial charge in [-0.1, -0.05) is 54.6 Å². The molecule has 1 heterocycles. The molecule has 1 atom stereocenters. The van der Waals surface area contributed by atoms with Crippen molar-refractivity contribution in [2.24, 2.45) is 0 Å². The van der Waals surface area contributed by atoms with Crippen LogP contribution in [0.3, 0.4) is 0 Å². The summed E-state index contributed by atoms with van der Waals surface area (Å²) in [7, 11) is 0. The smallest absolute Gasteiger partial charge is 0.130 e. The summed E-state index contributed by atoms with van der Waals surface area (Å²) >= 11 is 0. The molecule has 0 aliphatic heterocycles. The van der Waals surface area contributed by atoms with Crippen LogP contribution in [0.4, 0.5) is 11.5 Å². The van der Waals surface area contributed by atoms with E-state index in [2.05, 4.69) is 10.3 Å². The van der Waals surface area contributed by atoms with Gasteiger partial charge >= 0.3 is 0 Å². The van der Waals surface area contributed by atoms with Crippen molar-refractivity contribution in [2.45, 2.75) is 6.10 Å². The zero-order chi connectivity index (χ0) is 14.5. The van der Waals surface area contributed by atoms with Crippen LogP contribution in [0, 0.1) is 0 Å². The van der Waals surface area contributed by atoms with Crippen molar-refractivity contribution < 1.29 is 5.11 Å². The second kappa shape index (κ2) is 6.20. The van der Waals surface area contributed by atoms with Gasteiger partial charge in [-0.05, 0) is 23.8 Å². The highest BCUT2D eigenvalue weighted by Gasteiger charge is 2.10. The van der Waals surface area contributed by atoms with Crippen molar-refractivity contribution in [2.75, 3.05) is 5.32 Å². The average molecular weight is 276 g/mol. The standard InChI is InChI=1S/C18H16N2O/c21-18(14-7-3-1-4-8-14)15-11-12-17(19-13-15)20-16-9-5-2-6-10-16/h1-13,18,21H,(H,19,20). The summed E-state index contributed by atoms with van der Waals surface area (Å²) in [6.07, 6.45) is 1.05. The third-order valence-corrected chi connectivity index (χ3v) is 3.26. The fourth-order valence-electron chi connectivity index (χ4n) is 2.14. The molecule has 0 aliphatic rings. The van der Waals surface area contributed by atoms with Crippen LogP contribution < -0.4 is 5.32 Å². The first-order chi connectivity index (χ1) is 10.3. The quantitative estimate of drug-likeness (QED) is 0.759. The number of aromatic nitrogens is 1.